The van der Waals surface area contributed by atoms with Crippen LogP contribution in [0.3, 0.4) is 0 Å². The highest BCUT2D eigenvalue weighted by molar-refractivity contribution is 7.09. The number of nitrogens with zero attached hydrogens (tertiary/aromatic N) is 1. The average molecular weight is 361 g/mol. The number of primary amides is 1. The van der Waals surface area contributed by atoms with Gasteiger partial charge in [0, 0.05) is 18.5 Å². The summed E-state index contributed by atoms with van der Waals surface area (Å²) in [7, 11) is 0. The summed E-state index contributed by atoms with van der Waals surface area (Å²) in [5.74, 6) is -0.966. The van der Waals surface area contributed by atoms with Crippen molar-refractivity contribution >= 4 is 17.2 Å². The van der Waals surface area contributed by atoms with Crippen LogP contribution < -0.4 is 15.8 Å². The summed E-state index contributed by atoms with van der Waals surface area (Å²) in [6.07, 6.45) is -5.67. The Hall–Kier alpha value is -2.17. The molecule has 2 rings (SSSR count). The molecule has 0 radical (unpaired) electrons. The van der Waals surface area contributed by atoms with E-state index >= 15 is 0 Å². The topological polar surface area (TPSA) is 97.5 Å². The summed E-state index contributed by atoms with van der Waals surface area (Å²) in [5.41, 5.74) is 5.71. The molecule has 0 aliphatic rings. The van der Waals surface area contributed by atoms with E-state index < -0.39 is 18.4 Å². The molecule has 1 heterocycles. The lowest BCUT2D eigenvalue weighted by molar-refractivity contribution is -0.274. The number of aliphatic hydroxyl groups excluding tert-OH is 1. The Labute approximate surface area is 139 Å². The van der Waals surface area contributed by atoms with E-state index in [2.05, 4.69) is 15.0 Å². The molecule has 1 amide bonds. The Balaban J connectivity index is 1.83. The molecule has 0 saturated carbocycles. The predicted octanol–water partition coefficient (Wildman–Crippen LogP) is 1.96. The first-order valence-corrected chi connectivity index (χ1v) is 7.61. The van der Waals surface area contributed by atoms with Crippen molar-refractivity contribution in [3.63, 3.8) is 0 Å². The number of carbonyl (C=O) groups is 1. The van der Waals surface area contributed by atoms with Gasteiger partial charge in [0.1, 0.15) is 16.5 Å². The second-order valence-corrected chi connectivity index (χ2v) is 5.70. The molecule has 6 nitrogen and oxygen atoms in total. The molecule has 1 unspecified atom stereocenters. The van der Waals surface area contributed by atoms with Crippen LogP contribution in [0.4, 0.5) is 13.2 Å². The van der Waals surface area contributed by atoms with Crippen molar-refractivity contribution in [1.82, 2.24) is 10.3 Å². The van der Waals surface area contributed by atoms with E-state index in [0.717, 1.165) is 12.1 Å². The molecule has 10 heteroatoms. The number of aromatic nitrogens is 1. The maximum Gasteiger partial charge on any atom is 0.573 e. The van der Waals surface area contributed by atoms with Gasteiger partial charge >= 0.3 is 6.36 Å². The molecule has 0 fully saturated rings. The van der Waals surface area contributed by atoms with E-state index in [9.17, 15) is 23.1 Å². The van der Waals surface area contributed by atoms with Crippen LogP contribution in [0.2, 0.25) is 0 Å². The van der Waals surface area contributed by atoms with Crippen LogP contribution in [0.15, 0.2) is 29.6 Å². The molecule has 1 atom stereocenters. The van der Waals surface area contributed by atoms with Crippen LogP contribution in [0, 0.1) is 0 Å². The number of halogens is 3. The van der Waals surface area contributed by atoms with Gasteiger partial charge < -0.3 is 20.9 Å². The molecular weight excluding hydrogens is 347 g/mol. The minimum absolute atomic E-state index is 0.158. The summed E-state index contributed by atoms with van der Waals surface area (Å²) >= 11 is 1.25. The van der Waals surface area contributed by atoms with Crippen LogP contribution >= 0.6 is 11.3 Å². The molecule has 24 heavy (non-hydrogen) atoms. The molecule has 2 aromatic rings. The molecule has 4 N–H and O–H groups in total. The van der Waals surface area contributed by atoms with Gasteiger partial charge in [0.25, 0.3) is 5.91 Å². The Morgan fingerprint density at radius 2 is 2.04 bits per heavy atom. The fourth-order valence-electron chi connectivity index (χ4n) is 1.83. The molecular formula is C14H14F3N3O3S. The van der Waals surface area contributed by atoms with E-state index in [1.165, 1.54) is 28.8 Å². The highest BCUT2D eigenvalue weighted by Crippen LogP contribution is 2.24. The Morgan fingerprint density at radius 1 is 1.38 bits per heavy atom. The highest BCUT2D eigenvalue weighted by atomic mass is 32.1. The van der Waals surface area contributed by atoms with E-state index in [4.69, 9.17) is 5.73 Å². The van der Waals surface area contributed by atoms with Crippen LogP contribution in [0.1, 0.15) is 27.2 Å². The summed E-state index contributed by atoms with van der Waals surface area (Å²) in [6, 6.07) is 4.96. The van der Waals surface area contributed by atoms with Gasteiger partial charge in [0.05, 0.1) is 6.10 Å². The van der Waals surface area contributed by atoms with Crippen LogP contribution in [0.25, 0.3) is 0 Å². The van der Waals surface area contributed by atoms with Crippen LogP contribution in [-0.2, 0) is 6.54 Å². The number of benzene rings is 1. The van der Waals surface area contributed by atoms with E-state index in [0.29, 0.717) is 17.1 Å². The van der Waals surface area contributed by atoms with Gasteiger partial charge in [-0.25, -0.2) is 4.98 Å². The third-order valence-corrected chi connectivity index (χ3v) is 3.77. The predicted molar refractivity (Wildman–Crippen MR) is 80.4 cm³/mol. The monoisotopic (exact) mass is 361 g/mol. The fourth-order valence-corrected chi connectivity index (χ4v) is 2.58. The standard InChI is InChI=1S/C14H14F3N3O3S/c15-14(16,17)23-9-3-1-8(2-4-9)11(21)5-19-6-12-20-10(7-24-12)13(18)22/h1-4,7,11,19,21H,5-6H2,(H2,18,22). The number of aliphatic hydroxyl groups is 1. The molecule has 1 aromatic heterocycles. The van der Waals surface area contributed by atoms with Gasteiger partial charge in [-0.1, -0.05) is 12.1 Å². The Morgan fingerprint density at radius 3 is 2.58 bits per heavy atom. The lowest BCUT2D eigenvalue weighted by atomic mass is 10.1. The van der Waals surface area contributed by atoms with Gasteiger partial charge in [0.15, 0.2) is 0 Å². The van der Waals surface area contributed by atoms with Gasteiger partial charge in [-0.3, -0.25) is 4.79 Å². The molecule has 0 saturated heterocycles. The second-order valence-electron chi connectivity index (χ2n) is 4.75. The largest absolute Gasteiger partial charge is 0.573 e. The van der Waals surface area contributed by atoms with E-state index in [1.54, 1.807) is 0 Å². The number of hydrogen-bond donors (Lipinski definition) is 3. The van der Waals surface area contributed by atoms with Crippen LogP contribution in [0.5, 0.6) is 5.75 Å². The minimum atomic E-state index is -4.75. The fraction of sp³-hybridized carbons (Fsp3) is 0.286. The summed E-state index contributed by atoms with van der Waals surface area (Å²) < 4.78 is 39.9. The van der Waals surface area contributed by atoms with Gasteiger partial charge in [-0.05, 0) is 17.7 Å². The normalized spacial score (nSPS) is 12.8. The van der Waals surface area contributed by atoms with Crippen molar-refractivity contribution in [2.45, 2.75) is 19.0 Å². The number of ether oxygens (including phenoxy) is 1. The molecule has 0 bridgehead atoms. The summed E-state index contributed by atoms with van der Waals surface area (Å²) in [4.78, 5) is 14.9. The van der Waals surface area contributed by atoms with E-state index in [1.807, 2.05) is 0 Å². The molecule has 0 aliphatic carbocycles. The first-order chi connectivity index (χ1) is 11.2. The number of hydrogen-bond acceptors (Lipinski definition) is 6. The second kappa shape index (κ2) is 7.60. The maximum atomic E-state index is 12.1. The van der Waals surface area contributed by atoms with E-state index in [-0.39, 0.29) is 18.0 Å². The van der Waals surface area contributed by atoms with Gasteiger partial charge in [-0.15, -0.1) is 24.5 Å². The van der Waals surface area contributed by atoms with Crippen molar-refractivity contribution in [2.24, 2.45) is 5.73 Å². The quantitative estimate of drug-likeness (QED) is 0.700. The number of nitrogens with one attached hydrogen (secondary N) is 1. The average Bonchev–Trinajstić information content (AvgIpc) is 2.95. The van der Waals surface area contributed by atoms with Crippen molar-refractivity contribution in [2.75, 3.05) is 6.54 Å². The lowest BCUT2D eigenvalue weighted by Crippen LogP contribution is -2.21. The zero-order valence-electron chi connectivity index (χ0n) is 12.2. The number of amides is 1. The first kappa shape index (κ1) is 18.2. The maximum absolute atomic E-state index is 12.1. The van der Waals surface area contributed by atoms with Gasteiger partial charge in [-0.2, -0.15) is 0 Å². The minimum Gasteiger partial charge on any atom is -0.406 e. The number of carbonyl (C=O) groups excluding carboxylic acids is 1. The first-order valence-electron chi connectivity index (χ1n) is 6.73. The third-order valence-electron chi connectivity index (χ3n) is 2.92. The molecule has 0 spiro atoms. The van der Waals surface area contributed by atoms with Crippen molar-refractivity contribution in [1.29, 1.82) is 0 Å². The lowest BCUT2D eigenvalue weighted by Gasteiger charge is -2.13. The van der Waals surface area contributed by atoms with Crippen molar-refractivity contribution in [3.05, 3.63) is 45.9 Å². The van der Waals surface area contributed by atoms with Gasteiger partial charge in [0.2, 0.25) is 0 Å². The van der Waals surface area contributed by atoms with Crippen LogP contribution in [-0.4, -0.2) is 28.9 Å². The molecule has 130 valence electrons. The number of thiazole rings is 1. The third kappa shape index (κ3) is 5.48. The zero-order chi connectivity index (χ0) is 17.7. The SMILES string of the molecule is NC(=O)c1csc(CNCC(O)c2ccc(OC(F)(F)F)cc2)n1. The molecule has 0 aliphatic heterocycles. The number of nitrogens with two attached hydrogens (primary N) is 1. The smallest absolute Gasteiger partial charge is 0.406 e. The zero-order valence-corrected chi connectivity index (χ0v) is 13.0. The summed E-state index contributed by atoms with van der Waals surface area (Å²) in [5, 5.41) is 15.1. The summed E-state index contributed by atoms with van der Waals surface area (Å²) in [6.45, 7) is 0.481. The Kier molecular flexibility index (Phi) is 5.75. The highest BCUT2D eigenvalue weighted by Gasteiger charge is 2.31. The number of rotatable bonds is 7. The Bertz CT molecular complexity index is 689. The van der Waals surface area contributed by atoms with Crippen molar-refractivity contribution in [3.8, 4) is 5.75 Å². The molecule has 1 aromatic carbocycles. The number of alkyl halides is 3. The van der Waals surface area contributed by atoms with Crippen molar-refractivity contribution < 1.29 is 27.8 Å².